The first-order chi connectivity index (χ1) is 28.4. The van der Waals surface area contributed by atoms with Crippen LogP contribution in [0.2, 0.25) is 5.02 Å². The Morgan fingerprint density at radius 2 is 1.40 bits per heavy atom. The molecule has 4 aliphatic rings. The van der Waals surface area contributed by atoms with Crippen LogP contribution >= 0.6 is 11.6 Å². The Balaban J connectivity index is 1.25. The molecule has 60 heavy (non-hydrogen) atoms. The molecule has 2 aliphatic heterocycles. The average molecular weight is 848 g/mol. The molecule has 6 atom stereocenters. The van der Waals surface area contributed by atoms with Crippen molar-refractivity contribution in [2.24, 2.45) is 23.7 Å². The van der Waals surface area contributed by atoms with Crippen LogP contribution in [0, 0.1) is 29.5 Å². The third-order valence-corrected chi connectivity index (χ3v) is 12.6. The fourth-order valence-electron chi connectivity index (χ4n) is 9.83. The van der Waals surface area contributed by atoms with Gasteiger partial charge in [-0.05, 0) is 84.3 Å². The molecule has 9 rings (SSSR count). The number of fused-ring (bicyclic) bond motifs is 5. The minimum atomic E-state index is -5.27. The second-order valence-electron chi connectivity index (χ2n) is 15.4. The number of aromatic hydroxyl groups is 1. The minimum absolute atomic E-state index is 0.103. The number of anilines is 2. The number of hydrazine groups is 1. The van der Waals surface area contributed by atoms with Gasteiger partial charge in [0.2, 0.25) is 11.8 Å². The Morgan fingerprint density at radius 3 is 2.05 bits per heavy atom. The maximum absolute atomic E-state index is 15.4. The standard InChI is InChI=1S/C44H29ClF7N3O5/c45-25-8-6-22(7-9-25)42-34(39(58)55(41(42)60)53-27-12-10-26(46)11-13-27)20-33-30(36(42)32-14-5-21-3-1-2-4-29(21)37(32)56)15-16-31-35(33)40(59)54(38(31)57)28-18-23(43(47,48)49)17-24(19-28)44(50,51)52/h1-15,17-19,31,33-36,53,56H,16,20H2/t31-,33+,34-,35-,36+,42+/m0/s1. The van der Waals surface area contributed by atoms with Gasteiger partial charge in [-0.15, -0.1) is 0 Å². The van der Waals surface area contributed by atoms with Crippen LogP contribution in [0.4, 0.5) is 42.1 Å². The van der Waals surface area contributed by atoms with Gasteiger partial charge in [0, 0.05) is 21.9 Å². The number of hydrogen-bond donors (Lipinski definition) is 2. The van der Waals surface area contributed by atoms with E-state index in [2.05, 4.69) is 5.43 Å². The van der Waals surface area contributed by atoms with Gasteiger partial charge in [0.25, 0.3) is 11.8 Å². The van der Waals surface area contributed by atoms with Crippen LogP contribution in [0.25, 0.3) is 10.8 Å². The van der Waals surface area contributed by atoms with Gasteiger partial charge in [0.05, 0.1) is 45.7 Å². The number of carbonyl (C=O) groups excluding carboxylic acids is 4. The number of benzene rings is 5. The third kappa shape index (κ3) is 5.87. The Morgan fingerprint density at radius 1 is 0.750 bits per heavy atom. The van der Waals surface area contributed by atoms with Crippen LogP contribution in [0.1, 0.15) is 41.0 Å². The summed E-state index contributed by atoms with van der Waals surface area (Å²) in [5, 5.41) is 14.2. The Hall–Kier alpha value is -6.22. The Labute approximate surface area is 340 Å². The van der Waals surface area contributed by atoms with Crippen LogP contribution in [0.15, 0.2) is 115 Å². The molecule has 8 nitrogen and oxygen atoms in total. The van der Waals surface area contributed by atoms with Crippen LogP contribution in [-0.4, -0.2) is 33.7 Å². The van der Waals surface area contributed by atoms with Gasteiger partial charge in [0.15, 0.2) is 0 Å². The van der Waals surface area contributed by atoms with E-state index in [1.807, 2.05) is 0 Å². The molecule has 3 fully saturated rings. The molecule has 2 aliphatic carbocycles. The van der Waals surface area contributed by atoms with Crippen molar-refractivity contribution < 1.29 is 55.0 Å². The molecule has 2 saturated heterocycles. The molecule has 2 heterocycles. The van der Waals surface area contributed by atoms with E-state index in [0.29, 0.717) is 44.0 Å². The smallest absolute Gasteiger partial charge is 0.416 e. The van der Waals surface area contributed by atoms with Crippen molar-refractivity contribution in [1.82, 2.24) is 5.01 Å². The number of alkyl halides is 6. The Kier molecular flexibility index (Phi) is 8.94. The van der Waals surface area contributed by atoms with Crippen molar-refractivity contribution in [3.63, 3.8) is 0 Å². The molecule has 0 bridgehead atoms. The molecule has 0 radical (unpaired) electrons. The number of phenols is 1. The SMILES string of the molecule is O=C1[C@@H]2C[C@@H]3C(=CC[C@@H]4C(=O)N(c5cc(C(F)(F)F)cc(C(F)(F)F)c5)C(=O)[C@@H]43)[C@H](c3ccc4ccccc4c3O)[C@]2(c2ccc(Cl)cc2)C(=O)N1Nc1ccc(F)cc1. The number of carbonyl (C=O) groups is 4. The van der Waals surface area contributed by atoms with Gasteiger partial charge in [-0.25, -0.2) is 9.29 Å². The topological polar surface area (TPSA) is 107 Å². The molecule has 0 spiro atoms. The Bertz CT molecular complexity index is 2650. The lowest BCUT2D eigenvalue weighted by atomic mass is 9.49. The highest BCUT2D eigenvalue weighted by Crippen LogP contribution is 2.65. The van der Waals surface area contributed by atoms with Crippen molar-refractivity contribution in [3.05, 3.63) is 148 Å². The summed E-state index contributed by atoms with van der Waals surface area (Å²) in [5.74, 6) is -10.8. The first-order valence-electron chi connectivity index (χ1n) is 18.7. The first kappa shape index (κ1) is 39.3. The summed E-state index contributed by atoms with van der Waals surface area (Å²) in [6, 6.07) is 21.7. The van der Waals surface area contributed by atoms with Gasteiger partial charge < -0.3 is 5.11 Å². The van der Waals surface area contributed by atoms with E-state index < -0.39 is 93.6 Å². The molecule has 5 aromatic rings. The average Bonchev–Trinajstić information content (AvgIpc) is 3.59. The van der Waals surface area contributed by atoms with Crippen molar-refractivity contribution >= 4 is 57.4 Å². The molecule has 16 heteroatoms. The van der Waals surface area contributed by atoms with Crippen molar-refractivity contribution in [1.29, 1.82) is 0 Å². The van der Waals surface area contributed by atoms with Crippen molar-refractivity contribution in [3.8, 4) is 5.75 Å². The summed E-state index contributed by atoms with van der Waals surface area (Å²) in [6.45, 7) is 0. The van der Waals surface area contributed by atoms with Crippen LogP contribution in [0.5, 0.6) is 5.75 Å². The molecule has 306 valence electrons. The van der Waals surface area contributed by atoms with Gasteiger partial charge >= 0.3 is 12.4 Å². The largest absolute Gasteiger partial charge is 0.507 e. The van der Waals surface area contributed by atoms with E-state index >= 15 is 4.79 Å². The summed E-state index contributed by atoms with van der Waals surface area (Å²) < 4.78 is 97.8. The minimum Gasteiger partial charge on any atom is -0.507 e. The number of nitrogens with zero attached hydrogens (tertiary/aromatic N) is 2. The van der Waals surface area contributed by atoms with Crippen LogP contribution < -0.4 is 10.3 Å². The van der Waals surface area contributed by atoms with E-state index in [1.54, 1.807) is 54.6 Å². The number of imide groups is 2. The highest BCUT2D eigenvalue weighted by atomic mass is 35.5. The molecular weight excluding hydrogens is 819 g/mol. The summed E-state index contributed by atoms with van der Waals surface area (Å²) in [5.41, 5.74) is -2.43. The summed E-state index contributed by atoms with van der Waals surface area (Å²) in [6.07, 6.45) is -9.41. The normalized spacial score (nSPS) is 25.3. The van der Waals surface area contributed by atoms with Gasteiger partial charge in [0.1, 0.15) is 11.6 Å². The number of hydrogen-bond acceptors (Lipinski definition) is 6. The van der Waals surface area contributed by atoms with Gasteiger partial charge in [-0.3, -0.25) is 24.6 Å². The number of phenolic OH excluding ortho intramolecular Hbond substituents is 1. The molecule has 5 aromatic carbocycles. The molecule has 0 aromatic heterocycles. The van der Waals surface area contributed by atoms with E-state index in [4.69, 9.17) is 11.6 Å². The second kappa shape index (κ2) is 13.7. The zero-order chi connectivity index (χ0) is 42.6. The van der Waals surface area contributed by atoms with E-state index in [-0.39, 0.29) is 35.9 Å². The highest BCUT2D eigenvalue weighted by Gasteiger charge is 2.71. The van der Waals surface area contributed by atoms with E-state index in [0.717, 1.165) is 17.1 Å². The number of nitrogens with one attached hydrogen (secondary N) is 1. The van der Waals surface area contributed by atoms with Crippen molar-refractivity contribution in [2.45, 2.75) is 36.5 Å². The summed E-state index contributed by atoms with van der Waals surface area (Å²) >= 11 is 6.33. The van der Waals surface area contributed by atoms with Crippen LogP contribution in [0.3, 0.4) is 0 Å². The van der Waals surface area contributed by atoms with Crippen LogP contribution in [-0.2, 0) is 36.9 Å². The molecule has 1 saturated carbocycles. The molecule has 2 N–H and O–H groups in total. The monoisotopic (exact) mass is 847 g/mol. The van der Waals surface area contributed by atoms with E-state index in [9.17, 15) is 50.2 Å². The quantitative estimate of drug-likeness (QED) is 0.104. The summed E-state index contributed by atoms with van der Waals surface area (Å²) in [4.78, 5) is 59.4. The zero-order valence-corrected chi connectivity index (χ0v) is 31.4. The first-order valence-corrected chi connectivity index (χ1v) is 19.0. The number of allylic oxidation sites excluding steroid dienone is 2. The molecule has 4 amide bonds. The number of rotatable bonds is 5. The molecular formula is C44H29ClF7N3O5. The molecule has 0 unspecified atom stereocenters. The van der Waals surface area contributed by atoms with Gasteiger partial charge in [-0.1, -0.05) is 71.8 Å². The highest BCUT2D eigenvalue weighted by molar-refractivity contribution is 6.30. The van der Waals surface area contributed by atoms with Crippen molar-refractivity contribution in [2.75, 3.05) is 10.3 Å². The fourth-order valence-corrected chi connectivity index (χ4v) is 9.95. The number of amides is 4. The van der Waals surface area contributed by atoms with Gasteiger partial charge in [-0.2, -0.15) is 31.4 Å². The van der Waals surface area contributed by atoms with E-state index in [1.165, 1.54) is 24.3 Å². The maximum atomic E-state index is 15.4. The predicted octanol–water partition coefficient (Wildman–Crippen LogP) is 9.56. The lowest BCUT2D eigenvalue weighted by Crippen LogP contribution is -2.53. The lowest BCUT2D eigenvalue weighted by Gasteiger charge is -2.50. The maximum Gasteiger partial charge on any atom is 0.416 e. The number of halogens is 8. The third-order valence-electron chi connectivity index (χ3n) is 12.3. The predicted molar refractivity (Wildman–Crippen MR) is 204 cm³/mol. The fraction of sp³-hybridized carbons (Fsp3) is 0.227. The lowest BCUT2D eigenvalue weighted by molar-refractivity contribution is -0.143. The second-order valence-corrected chi connectivity index (χ2v) is 15.8. The summed E-state index contributed by atoms with van der Waals surface area (Å²) in [7, 11) is 0. The zero-order valence-electron chi connectivity index (χ0n) is 30.7.